The molecule has 1 fully saturated rings. The van der Waals surface area contributed by atoms with Crippen LogP contribution in [0, 0.1) is 5.82 Å². The molecule has 0 aliphatic carbocycles. The molecular formula is C12H14FNO2. The van der Waals surface area contributed by atoms with Crippen molar-refractivity contribution in [2.45, 2.75) is 19.4 Å². The Morgan fingerprint density at radius 1 is 1.56 bits per heavy atom. The van der Waals surface area contributed by atoms with Crippen LogP contribution in [0.1, 0.15) is 23.7 Å². The molecule has 16 heavy (non-hydrogen) atoms. The summed E-state index contributed by atoms with van der Waals surface area (Å²) in [6.07, 6.45) is 0.333. The van der Waals surface area contributed by atoms with Gasteiger partial charge >= 0.3 is 0 Å². The van der Waals surface area contributed by atoms with Gasteiger partial charge in [0.1, 0.15) is 5.82 Å². The van der Waals surface area contributed by atoms with E-state index in [2.05, 4.69) is 0 Å². The summed E-state index contributed by atoms with van der Waals surface area (Å²) in [5.74, 6) is -0.565. The van der Waals surface area contributed by atoms with Gasteiger partial charge in [-0.05, 0) is 31.5 Å². The second-order valence-corrected chi connectivity index (χ2v) is 4.11. The first-order valence-corrected chi connectivity index (χ1v) is 5.31. The molecule has 1 heterocycles. The van der Waals surface area contributed by atoms with Crippen LogP contribution in [0.5, 0.6) is 0 Å². The van der Waals surface area contributed by atoms with Crippen molar-refractivity contribution in [3.8, 4) is 0 Å². The maximum absolute atomic E-state index is 13.1. The largest absolute Gasteiger partial charge is 0.391 e. The number of β-amino-alcohol motifs (C(OH)–C–C–N with tert-alkyl or cyclic N) is 1. The second-order valence-electron chi connectivity index (χ2n) is 4.11. The lowest BCUT2D eigenvalue weighted by atomic mass is 10.1. The summed E-state index contributed by atoms with van der Waals surface area (Å²) in [5, 5.41) is 9.44. The fourth-order valence-electron chi connectivity index (χ4n) is 2.03. The Kier molecular flexibility index (Phi) is 2.92. The van der Waals surface area contributed by atoms with Crippen molar-refractivity contribution < 1.29 is 14.3 Å². The van der Waals surface area contributed by atoms with Crippen LogP contribution >= 0.6 is 0 Å². The molecule has 0 saturated carbocycles. The van der Waals surface area contributed by atoms with Gasteiger partial charge in [-0.2, -0.15) is 0 Å². The number of aliphatic hydroxyl groups is 1. The summed E-state index contributed by atoms with van der Waals surface area (Å²) in [6, 6.07) is 4.19. The Hall–Kier alpha value is -1.42. The molecule has 1 aliphatic heterocycles. The lowest BCUT2D eigenvalue weighted by Crippen LogP contribution is -2.23. The highest BCUT2D eigenvalue weighted by molar-refractivity contribution is 5.99. The number of carbonyl (C=O) groups excluding carboxylic acids is 1. The molecule has 86 valence electrons. The van der Waals surface area contributed by atoms with Gasteiger partial charge in [-0.1, -0.05) is 0 Å². The summed E-state index contributed by atoms with van der Waals surface area (Å²) in [7, 11) is 0. The summed E-state index contributed by atoms with van der Waals surface area (Å²) in [5.41, 5.74) is 1.10. The van der Waals surface area contributed by atoms with E-state index in [1.807, 2.05) is 4.90 Å². The molecule has 1 aliphatic rings. The van der Waals surface area contributed by atoms with Crippen molar-refractivity contribution in [2.24, 2.45) is 0 Å². The third-order valence-corrected chi connectivity index (χ3v) is 2.84. The molecule has 0 radical (unpaired) electrons. The molecule has 2 rings (SSSR count). The smallest absolute Gasteiger partial charge is 0.161 e. The number of Topliss-reactive ketones (excluding diaryl/α,β-unsaturated/α-hetero) is 1. The Bertz CT molecular complexity index is 419. The van der Waals surface area contributed by atoms with E-state index in [4.69, 9.17) is 0 Å². The van der Waals surface area contributed by atoms with Gasteiger partial charge in [-0.15, -0.1) is 0 Å². The third-order valence-electron chi connectivity index (χ3n) is 2.84. The van der Waals surface area contributed by atoms with E-state index in [0.29, 0.717) is 30.8 Å². The summed E-state index contributed by atoms with van der Waals surface area (Å²) in [6.45, 7) is 2.63. The highest BCUT2D eigenvalue weighted by atomic mass is 19.1. The molecule has 0 aromatic heterocycles. The lowest BCUT2D eigenvalue weighted by molar-refractivity contribution is 0.101. The first kappa shape index (κ1) is 11.1. The fraction of sp³-hybridized carbons (Fsp3) is 0.417. The van der Waals surface area contributed by atoms with Crippen molar-refractivity contribution in [1.29, 1.82) is 0 Å². The van der Waals surface area contributed by atoms with Crippen LogP contribution in [0.15, 0.2) is 18.2 Å². The van der Waals surface area contributed by atoms with Crippen molar-refractivity contribution in [3.05, 3.63) is 29.6 Å². The molecule has 4 heteroatoms. The third kappa shape index (κ3) is 2.07. The number of anilines is 1. The number of benzene rings is 1. The number of halogens is 1. The number of carbonyl (C=O) groups is 1. The number of hydrogen-bond donors (Lipinski definition) is 1. The van der Waals surface area contributed by atoms with Gasteiger partial charge in [0.2, 0.25) is 0 Å². The normalized spacial score (nSPS) is 20.2. The van der Waals surface area contributed by atoms with Gasteiger partial charge in [-0.25, -0.2) is 4.39 Å². The van der Waals surface area contributed by atoms with Gasteiger partial charge in [0.15, 0.2) is 5.78 Å². The quantitative estimate of drug-likeness (QED) is 0.774. The number of rotatable bonds is 2. The van der Waals surface area contributed by atoms with E-state index >= 15 is 0 Å². The first-order valence-electron chi connectivity index (χ1n) is 5.31. The molecular weight excluding hydrogens is 209 g/mol. The molecule has 1 saturated heterocycles. The Morgan fingerprint density at radius 3 is 2.88 bits per heavy atom. The molecule has 1 N–H and O–H groups in total. The van der Waals surface area contributed by atoms with E-state index < -0.39 is 5.82 Å². The average Bonchev–Trinajstić information content (AvgIpc) is 2.64. The fourth-order valence-corrected chi connectivity index (χ4v) is 2.03. The Balaban J connectivity index is 2.36. The summed E-state index contributed by atoms with van der Waals surface area (Å²) in [4.78, 5) is 13.3. The maximum Gasteiger partial charge on any atom is 0.161 e. The van der Waals surface area contributed by atoms with E-state index in [1.54, 1.807) is 6.07 Å². The van der Waals surface area contributed by atoms with Crippen molar-refractivity contribution in [2.75, 3.05) is 18.0 Å². The highest BCUT2D eigenvalue weighted by Crippen LogP contribution is 2.25. The Labute approximate surface area is 93.5 Å². The van der Waals surface area contributed by atoms with Gasteiger partial charge in [0.25, 0.3) is 0 Å². The molecule has 1 aromatic rings. The molecule has 1 aromatic carbocycles. The van der Waals surface area contributed by atoms with Gasteiger partial charge in [0.05, 0.1) is 6.10 Å². The van der Waals surface area contributed by atoms with Gasteiger partial charge in [0, 0.05) is 24.3 Å². The van der Waals surface area contributed by atoms with Crippen LogP contribution in [0.25, 0.3) is 0 Å². The van der Waals surface area contributed by atoms with Crippen LogP contribution in [0.4, 0.5) is 10.1 Å². The van der Waals surface area contributed by atoms with E-state index in [0.717, 1.165) is 0 Å². The van der Waals surface area contributed by atoms with Crippen molar-refractivity contribution >= 4 is 11.5 Å². The minimum absolute atomic E-state index is 0.157. The van der Waals surface area contributed by atoms with Gasteiger partial charge in [-0.3, -0.25) is 4.79 Å². The molecule has 0 amide bonds. The zero-order valence-electron chi connectivity index (χ0n) is 9.11. The van der Waals surface area contributed by atoms with E-state index in [1.165, 1.54) is 19.1 Å². The minimum atomic E-state index is -0.409. The number of hydrogen-bond acceptors (Lipinski definition) is 3. The SMILES string of the molecule is CC(=O)c1cc(F)ccc1N1CCC(O)C1. The molecule has 1 atom stereocenters. The zero-order chi connectivity index (χ0) is 11.7. The van der Waals surface area contributed by atoms with Crippen molar-refractivity contribution in [3.63, 3.8) is 0 Å². The topological polar surface area (TPSA) is 40.5 Å². The predicted octanol–water partition coefficient (Wildman–Crippen LogP) is 1.60. The molecule has 0 spiro atoms. The lowest BCUT2D eigenvalue weighted by Gasteiger charge is -2.20. The van der Waals surface area contributed by atoms with Crippen LogP contribution in [-0.2, 0) is 0 Å². The average molecular weight is 223 g/mol. The molecule has 1 unspecified atom stereocenters. The van der Waals surface area contributed by atoms with Gasteiger partial charge < -0.3 is 10.0 Å². The monoisotopic (exact) mass is 223 g/mol. The van der Waals surface area contributed by atoms with E-state index in [-0.39, 0.29) is 11.9 Å². The minimum Gasteiger partial charge on any atom is -0.391 e. The standard InChI is InChI=1S/C12H14FNO2/c1-8(15)11-6-9(13)2-3-12(11)14-5-4-10(16)7-14/h2-3,6,10,16H,4-5,7H2,1H3. The number of aliphatic hydroxyl groups excluding tert-OH is 1. The summed E-state index contributed by atoms with van der Waals surface area (Å²) < 4.78 is 13.1. The molecule has 0 bridgehead atoms. The van der Waals surface area contributed by atoms with Crippen LogP contribution in [-0.4, -0.2) is 30.1 Å². The zero-order valence-corrected chi connectivity index (χ0v) is 9.11. The predicted molar refractivity (Wildman–Crippen MR) is 59.2 cm³/mol. The molecule has 3 nitrogen and oxygen atoms in total. The Morgan fingerprint density at radius 2 is 2.31 bits per heavy atom. The maximum atomic E-state index is 13.1. The summed E-state index contributed by atoms with van der Waals surface area (Å²) >= 11 is 0. The second kappa shape index (κ2) is 4.22. The van der Waals surface area contributed by atoms with Crippen LogP contribution in [0.2, 0.25) is 0 Å². The van der Waals surface area contributed by atoms with Crippen LogP contribution < -0.4 is 4.90 Å². The van der Waals surface area contributed by atoms with E-state index in [9.17, 15) is 14.3 Å². The van der Waals surface area contributed by atoms with Crippen molar-refractivity contribution in [1.82, 2.24) is 0 Å². The van der Waals surface area contributed by atoms with Crippen LogP contribution in [0.3, 0.4) is 0 Å². The number of ketones is 1. The first-order chi connectivity index (χ1) is 7.58. The highest BCUT2D eigenvalue weighted by Gasteiger charge is 2.23. The number of nitrogens with zero attached hydrogens (tertiary/aromatic N) is 1.